The van der Waals surface area contributed by atoms with Crippen LogP contribution in [0.2, 0.25) is 10.0 Å². The summed E-state index contributed by atoms with van der Waals surface area (Å²) in [6.07, 6.45) is 1.54. The summed E-state index contributed by atoms with van der Waals surface area (Å²) in [6.45, 7) is 2.45. The minimum atomic E-state index is -0.371. The first kappa shape index (κ1) is 16.5. The minimum absolute atomic E-state index is 0.166. The molecule has 0 fully saturated rings. The molecule has 1 aliphatic heterocycles. The summed E-state index contributed by atoms with van der Waals surface area (Å²) in [6, 6.07) is 10.6. The van der Waals surface area contributed by atoms with Crippen molar-refractivity contribution < 1.29 is 9.53 Å². The number of nitrogens with zero attached hydrogens (tertiary/aromatic N) is 2. The molecule has 3 rings (SSSR count). The lowest BCUT2D eigenvalue weighted by Gasteiger charge is -2.05. The van der Waals surface area contributed by atoms with Crippen molar-refractivity contribution in [3.05, 3.63) is 57.6 Å². The Hall–Kier alpha value is -2.37. The molecule has 0 aromatic heterocycles. The monoisotopic (exact) mass is 361 g/mol. The molecule has 1 heterocycles. The Labute approximate surface area is 148 Å². The van der Waals surface area contributed by atoms with E-state index in [0.29, 0.717) is 33.7 Å². The van der Waals surface area contributed by atoms with Crippen LogP contribution in [0.25, 0.3) is 0 Å². The molecule has 0 saturated carbocycles. The van der Waals surface area contributed by atoms with E-state index in [-0.39, 0.29) is 11.6 Å². The predicted molar refractivity (Wildman–Crippen MR) is 96.8 cm³/mol. The molecular formula is C17H13Cl2N3O2. The van der Waals surface area contributed by atoms with E-state index in [2.05, 4.69) is 15.5 Å². The Balaban J connectivity index is 1.93. The Morgan fingerprint density at radius 1 is 1.25 bits per heavy atom. The van der Waals surface area contributed by atoms with E-state index in [1.165, 1.54) is 6.21 Å². The lowest BCUT2D eigenvalue weighted by Crippen LogP contribution is -2.13. The Bertz CT molecular complexity index is 863. The summed E-state index contributed by atoms with van der Waals surface area (Å²) in [4.78, 5) is 12.1. The van der Waals surface area contributed by atoms with Crippen molar-refractivity contribution in [2.24, 2.45) is 10.2 Å². The molecule has 2 aromatic rings. The molecule has 0 unspecified atom stereocenters. The van der Waals surface area contributed by atoms with Crippen molar-refractivity contribution in [1.82, 2.24) is 0 Å². The van der Waals surface area contributed by atoms with Gasteiger partial charge in [-0.05, 0) is 31.2 Å². The third-order valence-electron chi connectivity index (χ3n) is 3.34. The summed E-state index contributed by atoms with van der Waals surface area (Å²) in [5.74, 6) is 0.329. The van der Waals surface area contributed by atoms with Gasteiger partial charge in [-0.2, -0.15) is 5.10 Å². The summed E-state index contributed by atoms with van der Waals surface area (Å²) < 4.78 is 5.51. The van der Waals surface area contributed by atoms with Crippen molar-refractivity contribution in [3.8, 4) is 5.75 Å². The van der Waals surface area contributed by atoms with Crippen LogP contribution in [0, 0.1) is 0 Å². The molecule has 1 amide bonds. The zero-order chi connectivity index (χ0) is 17.1. The third kappa shape index (κ3) is 3.27. The number of fused-ring (bicyclic) bond motifs is 1. The van der Waals surface area contributed by atoms with Crippen LogP contribution in [0.5, 0.6) is 5.75 Å². The molecule has 1 N–H and O–H groups in total. The van der Waals surface area contributed by atoms with Crippen molar-refractivity contribution in [1.29, 1.82) is 0 Å². The zero-order valence-electron chi connectivity index (χ0n) is 12.7. The van der Waals surface area contributed by atoms with Crippen molar-refractivity contribution in [3.63, 3.8) is 0 Å². The van der Waals surface area contributed by atoms with Crippen LogP contribution in [0.4, 0.5) is 5.69 Å². The van der Waals surface area contributed by atoms with Gasteiger partial charge in [0.15, 0.2) is 5.71 Å². The summed E-state index contributed by atoms with van der Waals surface area (Å²) >= 11 is 12.1. The molecule has 0 aliphatic carbocycles. The lowest BCUT2D eigenvalue weighted by molar-refractivity contribution is -0.110. The van der Waals surface area contributed by atoms with Gasteiger partial charge >= 0.3 is 0 Å². The van der Waals surface area contributed by atoms with Gasteiger partial charge in [-0.25, -0.2) is 0 Å². The molecule has 2 aromatic carbocycles. The number of benzene rings is 2. The number of para-hydroxylation sites is 1. The average molecular weight is 362 g/mol. The molecule has 1 aliphatic rings. The van der Waals surface area contributed by atoms with E-state index in [9.17, 15) is 4.79 Å². The fourth-order valence-electron chi connectivity index (χ4n) is 2.30. The second-order valence-corrected chi connectivity index (χ2v) is 5.77. The zero-order valence-corrected chi connectivity index (χ0v) is 14.2. The number of hydrogen-bond acceptors (Lipinski definition) is 4. The number of rotatable bonds is 4. The molecule has 24 heavy (non-hydrogen) atoms. The normalized spacial score (nSPS) is 15.0. The van der Waals surface area contributed by atoms with Gasteiger partial charge in [0.1, 0.15) is 5.75 Å². The second-order valence-electron chi connectivity index (χ2n) is 4.93. The first-order valence-electron chi connectivity index (χ1n) is 7.23. The molecule has 5 nitrogen and oxygen atoms in total. The minimum Gasteiger partial charge on any atom is -0.493 e. The molecule has 0 saturated heterocycles. The summed E-state index contributed by atoms with van der Waals surface area (Å²) in [7, 11) is 0. The highest BCUT2D eigenvalue weighted by Gasteiger charge is 2.28. The topological polar surface area (TPSA) is 63.1 Å². The third-order valence-corrected chi connectivity index (χ3v) is 3.85. The van der Waals surface area contributed by atoms with E-state index in [4.69, 9.17) is 27.9 Å². The molecule has 0 radical (unpaired) electrons. The van der Waals surface area contributed by atoms with Gasteiger partial charge in [0.2, 0.25) is 0 Å². The number of ether oxygens (including phenoxy) is 1. The van der Waals surface area contributed by atoms with Gasteiger partial charge < -0.3 is 10.1 Å². The largest absolute Gasteiger partial charge is 0.493 e. The molecule has 0 atom stereocenters. The maximum Gasteiger partial charge on any atom is 0.276 e. The first-order chi connectivity index (χ1) is 11.6. The smallest absolute Gasteiger partial charge is 0.276 e. The van der Waals surface area contributed by atoms with Crippen LogP contribution in [-0.4, -0.2) is 24.4 Å². The van der Waals surface area contributed by atoms with Gasteiger partial charge in [0.05, 0.1) is 23.5 Å². The average Bonchev–Trinajstić information content (AvgIpc) is 2.86. The van der Waals surface area contributed by atoms with Crippen LogP contribution in [0.1, 0.15) is 18.1 Å². The van der Waals surface area contributed by atoms with Crippen molar-refractivity contribution in [2.75, 3.05) is 11.9 Å². The van der Waals surface area contributed by atoms with Crippen molar-refractivity contribution in [2.45, 2.75) is 6.92 Å². The van der Waals surface area contributed by atoms with Crippen molar-refractivity contribution >= 4 is 46.7 Å². The fraction of sp³-hybridized carbons (Fsp3) is 0.118. The molecule has 122 valence electrons. The van der Waals surface area contributed by atoms with E-state index in [0.717, 1.165) is 5.56 Å². The lowest BCUT2D eigenvalue weighted by atomic mass is 10.1. The Morgan fingerprint density at radius 2 is 2.04 bits per heavy atom. The maximum atomic E-state index is 12.1. The van der Waals surface area contributed by atoms with Crippen LogP contribution >= 0.6 is 23.2 Å². The first-order valence-corrected chi connectivity index (χ1v) is 7.99. The number of anilines is 1. The molecular weight excluding hydrogens is 349 g/mol. The Kier molecular flexibility index (Phi) is 4.83. The highest BCUT2D eigenvalue weighted by atomic mass is 35.5. The van der Waals surface area contributed by atoms with E-state index < -0.39 is 0 Å². The highest BCUT2D eigenvalue weighted by Crippen LogP contribution is 2.34. The van der Waals surface area contributed by atoms with Gasteiger partial charge in [0.25, 0.3) is 5.91 Å². The van der Waals surface area contributed by atoms with Crippen LogP contribution in [0.3, 0.4) is 0 Å². The maximum absolute atomic E-state index is 12.1. The van der Waals surface area contributed by atoms with Gasteiger partial charge in [0, 0.05) is 16.1 Å². The quantitative estimate of drug-likeness (QED) is 0.656. The number of halogens is 2. The van der Waals surface area contributed by atoms with E-state index in [1.807, 2.05) is 31.2 Å². The highest BCUT2D eigenvalue weighted by molar-refractivity contribution is 6.56. The predicted octanol–water partition coefficient (Wildman–Crippen LogP) is 4.17. The molecule has 0 bridgehead atoms. The molecule has 7 heteroatoms. The van der Waals surface area contributed by atoms with E-state index in [1.54, 1.807) is 12.1 Å². The summed E-state index contributed by atoms with van der Waals surface area (Å²) in [5.41, 5.74) is 1.97. The molecule has 0 spiro atoms. The van der Waals surface area contributed by atoms with Gasteiger partial charge in [-0.15, -0.1) is 5.10 Å². The van der Waals surface area contributed by atoms with E-state index >= 15 is 0 Å². The fourth-order valence-corrected chi connectivity index (χ4v) is 2.85. The number of nitrogens with one attached hydrogen (secondary N) is 1. The van der Waals surface area contributed by atoms with Gasteiger partial charge in [-0.1, -0.05) is 35.3 Å². The number of carbonyl (C=O) groups excluding carboxylic acids is 1. The summed E-state index contributed by atoms with van der Waals surface area (Å²) in [5, 5.41) is 11.5. The van der Waals surface area contributed by atoms with Gasteiger partial charge in [-0.3, -0.25) is 4.79 Å². The Morgan fingerprint density at radius 3 is 2.83 bits per heavy atom. The van der Waals surface area contributed by atoms with Crippen LogP contribution < -0.4 is 10.1 Å². The standard InChI is InChI=1S/C17H13Cl2N3O2/c1-2-24-14-6-4-3-5-10(14)9-20-22-16-12-7-11(18)8-13(19)15(12)21-17(16)23/h3-9H,2H2,1H3,(H,21,22,23). The number of hydrogen-bond donors (Lipinski definition) is 1. The second kappa shape index (κ2) is 7.03. The van der Waals surface area contributed by atoms with Crippen LogP contribution in [-0.2, 0) is 4.79 Å². The number of amides is 1. The SMILES string of the molecule is CCOc1ccccc1C=NN=C1C(=O)Nc2c(Cl)cc(Cl)cc21. The number of carbonyl (C=O) groups is 1. The van der Waals surface area contributed by atoms with Crippen LogP contribution in [0.15, 0.2) is 46.6 Å².